The number of carbonyl (C=O) groups is 1. The number of anilines is 3. The highest BCUT2D eigenvalue weighted by molar-refractivity contribution is 6.33. The maximum Gasteiger partial charge on any atom is 0.273 e. The van der Waals surface area contributed by atoms with Crippen LogP contribution in [0.15, 0.2) is 46.9 Å². The summed E-state index contributed by atoms with van der Waals surface area (Å²) in [4.78, 5) is 18.1. The molecule has 7 nitrogen and oxygen atoms in total. The van der Waals surface area contributed by atoms with Crippen LogP contribution in [0.3, 0.4) is 0 Å². The fraction of sp³-hybridized carbons (Fsp3) is 0.200. The van der Waals surface area contributed by atoms with Crippen molar-refractivity contribution in [2.24, 2.45) is 5.73 Å². The van der Waals surface area contributed by atoms with Crippen molar-refractivity contribution >= 4 is 34.8 Å². The van der Waals surface area contributed by atoms with Crippen molar-refractivity contribution in [2.45, 2.75) is 0 Å². The van der Waals surface area contributed by atoms with Gasteiger partial charge in [-0.25, -0.2) is 9.37 Å². The molecule has 0 saturated carbocycles. The Balaban J connectivity index is 1.61. The smallest absolute Gasteiger partial charge is 0.273 e. The number of primary amides is 1. The van der Waals surface area contributed by atoms with Gasteiger partial charge in [0.2, 0.25) is 11.8 Å². The van der Waals surface area contributed by atoms with Gasteiger partial charge < -0.3 is 25.7 Å². The van der Waals surface area contributed by atoms with Gasteiger partial charge in [0.25, 0.3) is 5.91 Å². The van der Waals surface area contributed by atoms with Crippen LogP contribution in [0.2, 0.25) is 5.02 Å². The van der Waals surface area contributed by atoms with E-state index >= 15 is 0 Å². The number of nitrogens with one attached hydrogen (secondary N) is 2. The second-order valence-electron chi connectivity index (χ2n) is 6.57. The van der Waals surface area contributed by atoms with Gasteiger partial charge in [-0.15, -0.1) is 0 Å². The number of nitrogens with two attached hydrogens (primary N) is 1. The number of carbonyl (C=O) groups excluding carboxylic acids is 1. The molecular formula is C20H19ClFN5O2. The standard InChI is InChI=1S/C20H19ClFN5O2/c21-14-2-1-3-15(22)16(14)19-26-17(18(23)28)20(29-19)25-12-4-6-13(7-5-12)27-10-8-24-9-11-27/h1-7,24-25H,8-11H2,(H2,23,28). The first-order chi connectivity index (χ1) is 14.0. The van der Waals surface area contributed by atoms with Gasteiger partial charge >= 0.3 is 0 Å². The van der Waals surface area contributed by atoms with E-state index in [9.17, 15) is 9.18 Å². The minimum Gasteiger partial charge on any atom is -0.419 e. The highest BCUT2D eigenvalue weighted by Gasteiger charge is 2.23. The van der Waals surface area contributed by atoms with Crippen molar-refractivity contribution in [2.75, 3.05) is 36.4 Å². The first-order valence-electron chi connectivity index (χ1n) is 9.10. The van der Waals surface area contributed by atoms with Gasteiger partial charge in [-0.2, -0.15) is 0 Å². The lowest BCUT2D eigenvalue weighted by atomic mass is 10.2. The van der Waals surface area contributed by atoms with Crippen LogP contribution in [0.1, 0.15) is 10.5 Å². The van der Waals surface area contributed by atoms with E-state index in [1.165, 1.54) is 18.2 Å². The Morgan fingerprint density at radius 1 is 1.21 bits per heavy atom. The fourth-order valence-electron chi connectivity index (χ4n) is 3.19. The summed E-state index contributed by atoms with van der Waals surface area (Å²) >= 11 is 6.07. The molecule has 1 aliphatic heterocycles. The lowest BCUT2D eigenvalue weighted by Crippen LogP contribution is -2.43. The third kappa shape index (κ3) is 4.03. The number of benzene rings is 2. The molecule has 4 rings (SSSR count). The maximum atomic E-state index is 14.2. The van der Waals surface area contributed by atoms with E-state index in [0.29, 0.717) is 5.69 Å². The zero-order valence-electron chi connectivity index (χ0n) is 15.4. The van der Waals surface area contributed by atoms with Gasteiger partial charge in [0.15, 0.2) is 5.69 Å². The summed E-state index contributed by atoms with van der Waals surface area (Å²) in [6.45, 7) is 3.77. The van der Waals surface area contributed by atoms with E-state index in [4.69, 9.17) is 21.8 Å². The van der Waals surface area contributed by atoms with Crippen molar-refractivity contribution in [1.82, 2.24) is 10.3 Å². The Bertz CT molecular complexity index is 1010. The molecule has 1 aliphatic rings. The summed E-state index contributed by atoms with van der Waals surface area (Å²) in [6, 6.07) is 11.9. The first kappa shape index (κ1) is 19.2. The molecule has 150 valence electrons. The van der Waals surface area contributed by atoms with Crippen LogP contribution < -0.4 is 21.3 Å². The van der Waals surface area contributed by atoms with Crippen LogP contribution in [-0.4, -0.2) is 37.1 Å². The minimum atomic E-state index is -0.799. The second kappa shape index (κ2) is 8.10. The molecule has 29 heavy (non-hydrogen) atoms. The first-order valence-corrected chi connectivity index (χ1v) is 9.48. The molecule has 1 amide bonds. The molecule has 1 saturated heterocycles. The molecule has 0 atom stereocenters. The van der Waals surface area contributed by atoms with Gasteiger partial charge in [-0.3, -0.25) is 4.79 Å². The van der Waals surface area contributed by atoms with Gasteiger partial charge in [-0.1, -0.05) is 17.7 Å². The molecule has 4 N–H and O–H groups in total. The van der Waals surface area contributed by atoms with E-state index in [0.717, 1.165) is 31.9 Å². The summed E-state index contributed by atoms with van der Waals surface area (Å²) < 4.78 is 19.8. The Labute approximate surface area is 171 Å². The number of rotatable bonds is 5. The number of hydrogen-bond acceptors (Lipinski definition) is 6. The molecule has 2 heterocycles. The number of halogens is 2. The van der Waals surface area contributed by atoms with Crippen LogP contribution in [0, 0.1) is 5.82 Å². The zero-order valence-corrected chi connectivity index (χ0v) is 16.2. The summed E-state index contributed by atoms with van der Waals surface area (Å²) in [5.74, 6) is -1.50. The largest absolute Gasteiger partial charge is 0.419 e. The van der Waals surface area contributed by atoms with Crippen LogP contribution >= 0.6 is 11.6 Å². The molecule has 0 radical (unpaired) electrons. The second-order valence-corrected chi connectivity index (χ2v) is 6.97. The molecule has 0 spiro atoms. The summed E-state index contributed by atoms with van der Waals surface area (Å²) in [7, 11) is 0. The zero-order chi connectivity index (χ0) is 20.4. The van der Waals surface area contributed by atoms with Crippen LogP contribution in [0.4, 0.5) is 21.6 Å². The number of piperazine rings is 1. The van der Waals surface area contributed by atoms with Gasteiger partial charge in [-0.05, 0) is 36.4 Å². The fourth-order valence-corrected chi connectivity index (χ4v) is 3.43. The SMILES string of the molecule is NC(=O)c1nc(-c2c(F)cccc2Cl)oc1Nc1ccc(N2CCNCC2)cc1. The van der Waals surface area contributed by atoms with E-state index in [1.807, 2.05) is 24.3 Å². The number of hydrogen-bond donors (Lipinski definition) is 3. The van der Waals surface area contributed by atoms with Gasteiger partial charge in [0.05, 0.1) is 10.6 Å². The van der Waals surface area contributed by atoms with Crippen molar-refractivity contribution in [1.29, 1.82) is 0 Å². The van der Waals surface area contributed by atoms with Gasteiger partial charge in [0, 0.05) is 37.6 Å². The number of amides is 1. The van der Waals surface area contributed by atoms with Crippen molar-refractivity contribution < 1.29 is 13.6 Å². The average Bonchev–Trinajstić information content (AvgIpc) is 3.13. The molecule has 2 aromatic carbocycles. The lowest BCUT2D eigenvalue weighted by molar-refractivity contribution is 0.0996. The monoisotopic (exact) mass is 415 g/mol. The predicted molar refractivity (Wildman–Crippen MR) is 110 cm³/mol. The molecule has 1 fully saturated rings. The van der Waals surface area contributed by atoms with Crippen LogP contribution in [0.25, 0.3) is 11.5 Å². The highest BCUT2D eigenvalue weighted by Crippen LogP contribution is 2.34. The Hall–Kier alpha value is -3.10. The minimum absolute atomic E-state index is 0.0289. The quantitative estimate of drug-likeness (QED) is 0.591. The molecule has 3 aromatic rings. The lowest BCUT2D eigenvalue weighted by Gasteiger charge is -2.29. The Morgan fingerprint density at radius 3 is 2.59 bits per heavy atom. The van der Waals surface area contributed by atoms with Crippen LogP contribution in [0.5, 0.6) is 0 Å². The Kier molecular flexibility index (Phi) is 5.37. The molecule has 9 heteroatoms. The van der Waals surface area contributed by atoms with Gasteiger partial charge in [0.1, 0.15) is 5.82 Å². The molecule has 0 unspecified atom stereocenters. The number of nitrogens with zero attached hydrogens (tertiary/aromatic N) is 2. The molecule has 0 aliphatic carbocycles. The van der Waals surface area contributed by atoms with Crippen LogP contribution in [-0.2, 0) is 0 Å². The summed E-state index contributed by atoms with van der Waals surface area (Å²) in [5, 5.41) is 6.42. The molecular weight excluding hydrogens is 397 g/mol. The molecule has 1 aromatic heterocycles. The van der Waals surface area contributed by atoms with E-state index < -0.39 is 11.7 Å². The van der Waals surface area contributed by atoms with E-state index in [-0.39, 0.29) is 28.1 Å². The van der Waals surface area contributed by atoms with Crippen molar-refractivity contribution in [3.8, 4) is 11.5 Å². The third-order valence-corrected chi connectivity index (χ3v) is 4.96. The average molecular weight is 416 g/mol. The van der Waals surface area contributed by atoms with E-state index in [1.54, 1.807) is 0 Å². The molecule has 0 bridgehead atoms. The Morgan fingerprint density at radius 2 is 1.93 bits per heavy atom. The third-order valence-electron chi connectivity index (χ3n) is 4.64. The van der Waals surface area contributed by atoms with E-state index in [2.05, 4.69) is 20.5 Å². The summed E-state index contributed by atoms with van der Waals surface area (Å²) in [6.07, 6.45) is 0. The summed E-state index contributed by atoms with van der Waals surface area (Å²) in [5.41, 5.74) is 7.03. The number of oxazole rings is 1. The predicted octanol–water partition coefficient (Wildman–Crippen LogP) is 3.39. The number of aromatic nitrogens is 1. The maximum absolute atomic E-state index is 14.2. The topological polar surface area (TPSA) is 96.4 Å². The van der Waals surface area contributed by atoms with Crippen molar-refractivity contribution in [3.63, 3.8) is 0 Å². The van der Waals surface area contributed by atoms with Crippen molar-refractivity contribution in [3.05, 3.63) is 59.0 Å². The highest BCUT2D eigenvalue weighted by atomic mass is 35.5. The normalized spacial score (nSPS) is 14.1.